The number of imidazole rings is 1. The van der Waals surface area contributed by atoms with Gasteiger partial charge in [0.05, 0.1) is 24.3 Å². The highest BCUT2D eigenvalue weighted by atomic mass is 35.5. The van der Waals surface area contributed by atoms with Crippen LogP contribution in [0.15, 0.2) is 36.8 Å². The van der Waals surface area contributed by atoms with Crippen LogP contribution in [0.1, 0.15) is 18.9 Å². The standard InChI is InChI=1S/C14H16ClN3/c15-12-5-3-11(4-6-12)14-8-17-9-18(14)13(7-16)10-1-2-10/h3-6,8-10,13H,1-2,7,16H2. The van der Waals surface area contributed by atoms with Crippen LogP contribution in [0.3, 0.4) is 0 Å². The van der Waals surface area contributed by atoms with Gasteiger partial charge >= 0.3 is 0 Å². The Hall–Kier alpha value is -1.32. The average molecular weight is 262 g/mol. The van der Waals surface area contributed by atoms with E-state index in [0.29, 0.717) is 12.6 Å². The van der Waals surface area contributed by atoms with E-state index in [9.17, 15) is 0 Å². The van der Waals surface area contributed by atoms with Gasteiger partial charge in [-0.15, -0.1) is 0 Å². The maximum absolute atomic E-state index is 5.92. The summed E-state index contributed by atoms with van der Waals surface area (Å²) in [4.78, 5) is 4.27. The topological polar surface area (TPSA) is 43.8 Å². The summed E-state index contributed by atoms with van der Waals surface area (Å²) < 4.78 is 2.21. The second-order valence-corrected chi connectivity index (χ2v) is 5.27. The fourth-order valence-corrected chi connectivity index (χ4v) is 2.55. The zero-order chi connectivity index (χ0) is 12.5. The largest absolute Gasteiger partial charge is 0.328 e. The minimum atomic E-state index is 0.373. The molecular formula is C14H16ClN3. The third-order valence-electron chi connectivity index (χ3n) is 3.57. The van der Waals surface area contributed by atoms with Crippen LogP contribution in [-0.4, -0.2) is 16.1 Å². The van der Waals surface area contributed by atoms with E-state index in [-0.39, 0.29) is 0 Å². The van der Waals surface area contributed by atoms with E-state index in [2.05, 4.69) is 9.55 Å². The second-order valence-electron chi connectivity index (χ2n) is 4.83. The Morgan fingerprint density at radius 1 is 1.33 bits per heavy atom. The highest BCUT2D eigenvalue weighted by Gasteiger charge is 2.32. The Labute approximate surface area is 112 Å². The van der Waals surface area contributed by atoms with Gasteiger partial charge in [-0.1, -0.05) is 23.7 Å². The highest BCUT2D eigenvalue weighted by Crippen LogP contribution is 2.40. The predicted octanol–water partition coefficient (Wildman–Crippen LogP) is 3.11. The smallest absolute Gasteiger partial charge is 0.0954 e. The van der Waals surface area contributed by atoms with Crippen molar-refractivity contribution < 1.29 is 0 Å². The zero-order valence-corrected chi connectivity index (χ0v) is 10.8. The summed E-state index contributed by atoms with van der Waals surface area (Å²) >= 11 is 5.92. The van der Waals surface area contributed by atoms with Crippen molar-refractivity contribution in [3.8, 4) is 11.3 Å². The van der Waals surface area contributed by atoms with Crippen molar-refractivity contribution in [2.75, 3.05) is 6.54 Å². The van der Waals surface area contributed by atoms with Crippen LogP contribution in [0.4, 0.5) is 0 Å². The number of aromatic nitrogens is 2. The summed E-state index contributed by atoms with van der Waals surface area (Å²) in [5, 5.41) is 0.752. The molecule has 94 valence electrons. The molecule has 1 heterocycles. The summed E-state index contributed by atoms with van der Waals surface area (Å²) in [6, 6.07) is 8.23. The van der Waals surface area contributed by atoms with Crippen LogP contribution in [-0.2, 0) is 0 Å². The molecule has 0 radical (unpaired) electrons. The fourth-order valence-electron chi connectivity index (χ4n) is 2.43. The maximum atomic E-state index is 5.92. The van der Waals surface area contributed by atoms with Gasteiger partial charge in [0.15, 0.2) is 0 Å². The SMILES string of the molecule is NCC(C1CC1)n1cncc1-c1ccc(Cl)cc1. The molecule has 18 heavy (non-hydrogen) atoms. The third-order valence-corrected chi connectivity index (χ3v) is 3.82. The van der Waals surface area contributed by atoms with Crippen molar-refractivity contribution in [1.29, 1.82) is 0 Å². The number of benzene rings is 1. The Bertz CT molecular complexity index is 528. The average Bonchev–Trinajstić information content (AvgIpc) is 3.10. The van der Waals surface area contributed by atoms with Crippen molar-refractivity contribution in [2.24, 2.45) is 11.7 Å². The first-order chi connectivity index (χ1) is 8.79. The second kappa shape index (κ2) is 4.75. The lowest BCUT2D eigenvalue weighted by atomic mass is 10.1. The number of hydrogen-bond donors (Lipinski definition) is 1. The Morgan fingerprint density at radius 3 is 2.67 bits per heavy atom. The summed E-state index contributed by atoms with van der Waals surface area (Å²) in [5.74, 6) is 0.718. The number of halogens is 1. The lowest BCUT2D eigenvalue weighted by Gasteiger charge is -2.18. The van der Waals surface area contributed by atoms with E-state index < -0.39 is 0 Å². The molecule has 1 atom stereocenters. The van der Waals surface area contributed by atoms with Gasteiger partial charge in [0, 0.05) is 11.6 Å². The van der Waals surface area contributed by atoms with Gasteiger partial charge in [0.2, 0.25) is 0 Å². The first-order valence-electron chi connectivity index (χ1n) is 6.27. The Balaban J connectivity index is 1.97. The molecule has 1 aromatic carbocycles. The molecule has 1 unspecified atom stereocenters. The van der Waals surface area contributed by atoms with Gasteiger partial charge in [-0.05, 0) is 36.5 Å². The first-order valence-corrected chi connectivity index (χ1v) is 6.65. The Morgan fingerprint density at radius 2 is 2.06 bits per heavy atom. The van der Waals surface area contributed by atoms with E-state index in [0.717, 1.165) is 22.2 Å². The molecule has 1 saturated carbocycles. The molecule has 1 aliphatic carbocycles. The monoisotopic (exact) mass is 261 g/mol. The van der Waals surface area contributed by atoms with Crippen molar-refractivity contribution in [3.05, 3.63) is 41.8 Å². The molecule has 0 bridgehead atoms. The van der Waals surface area contributed by atoms with E-state index >= 15 is 0 Å². The van der Waals surface area contributed by atoms with Gasteiger partial charge < -0.3 is 10.3 Å². The molecule has 3 rings (SSSR count). The van der Waals surface area contributed by atoms with Crippen LogP contribution in [0.5, 0.6) is 0 Å². The van der Waals surface area contributed by atoms with Crippen LogP contribution in [0.2, 0.25) is 5.02 Å². The van der Waals surface area contributed by atoms with Crippen molar-refractivity contribution >= 4 is 11.6 Å². The van der Waals surface area contributed by atoms with Gasteiger partial charge in [0.25, 0.3) is 0 Å². The highest BCUT2D eigenvalue weighted by molar-refractivity contribution is 6.30. The lowest BCUT2D eigenvalue weighted by Crippen LogP contribution is -2.21. The molecule has 1 aromatic heterocycles. The molecule has 2 aromatic rings. The van der Waals surface area contributed by atoms with Crippen LogP contribution < -0.4 is 5.73 Å². The molecule has 2 N–H and O–H groups in total. The molecule has 4 heteroatoms. The molecule has 3 nitrogen and oxygen atoms in total. The zero-order valence-electron chi connectivity index (χ0n) is 10.1. The van der Waals surface area contributed by atoms with E-state index in [1.54, 1.807) is 0 Å². The van der Waals surface area contributed by atoms with E-state index in [4.69, 9.17) is 17.3 Å². The van der Waals surface area contributed by atoms with Gasteiger partial charge in [-0.2, -0.15) is 0 Å². The van der Waals surface area contributed by atoms with Crippen molar-refractivity contribution in [2.45, 2.75) is 18.9 Å². The minimum absolute atomic E-state index is 0.373. The summed E-state index contributed by atoms with van der Waals surface area (Å²) in [7, 11) is 0. The number of rotatable bonds is 4. The number of nitrogens with two attached hydrogens (primary N) is 1. The van der Waals surface area contributed by atoms with Crippen LogP contribution in [0, 0.1) is 5.92 Å². The Kier molecular flexibility index (Phi) is 3.10. The van der Waals surface area contributed by atoms with Gasteiger partial charge in [-0.3, -0.25) is 0 Å². The van der Waals surface area contributed by atoms with Crippen molar-refractivity contribution in [3.63, 3.8) is 0 Å². The molecule has 1 aliphatic rings. The van der Waals surface area contributed by atoms with E-state index in [1.807, 2.05) is 36.8 Å². The quantitative estimate of drug-likeness (QED) is 0.919. The molecule has 0 saturated heterocycles. The van der Waals surface area contributed by atoms with Gasteiger partial charge in [-0.25, -0.2) is 4.98 Å². The van der Waals surface area contributed by atoms with Crippen LogP contribution in [0.25, 0.3) is 11.3 Å². The van der Waals surface area contributed by atoms with E-state index in [1.165, 1.54) is 12.8 Å². The number of nitrogens with zero attached hydrogens (tertiary/aromatic N) is 2. The normalized spacial score (nSPS) is 16.8. The lowest BCUT2D eigenvalue weighted by molar-refractivity contribution is 0.458. The third kappa shape index (κ3) is 2.16. The first kappa shape index (κ1) is 11.8. The molecule has 0 amide bonds. The summed E-state index contributed by atoms with van der Waals surface area (Å²) in [6.45, 7) is 0.668. The van der Waals surface area contributed by atoms with Crippen LogP contribution >= 0.6 is 11.6 Å². The predicted molar refractivity (Wildman–Crippen MR) is 73.5 cm³/mol. The number of hydrogen-bond acceptors (Lipinski definition) is 2. The van der Waals surface area contributed by atoms with Gasteiger partial charge in [0.1, 0.15) is 0 Å². The summed E-state index contributed by atoms with van der Waals surface area (Å²) in [5.41, 5.74) is 8.16. The molecule has 1 fully saturated rings. The molecule has 0 aliphatic heterocycles. The minimum Gasteiger partial charge on any atom is -0.328 e. The molecular weight excluding hydrogens is 246 g/mol. The molecule has 0 spiro atoms. The van der Waals surface area contributed by atoms with Crippen molar-refractivity contribution in [1.82, 2.24) is 9.55 Å². The summed E-state index contributed by atoms with van der Waals surface area (Å²) in [6.07, 6.45) is 6.34. The fraction of sp³-hybridized carbons (Fsp3) is 0.357. The maximum Gasteiger partial charge on any atom is 0.0954 e.